The zero-order valence-electron chi connectivity index (χ0n) is 18.6. The lowest BCUT2D eigenvalue weighted by Gasteiger charge is -2.35. The molecule has 1 aliphatic heterocycles. The van der Waals surface area contributed by atoms with Crippen LogP contribution in [0.1, 0.15) is 27.7 Å². The molecule has 0 aliphatic carbocycles. The Labute approximate surface area is 192 Å². The van der Waals surface area contributed by atoms with Gasteiger partial charge in [0.05, 0.1) is 6.61 Å². The van der Waals surface area contributed by atoms with Crippen LogP contribution < -0.4 is 0 Å². The lowest BCUT2D eigenvalue weighted by atomic mass is 10.2. The number of ether oxygens (including phenoxy) is 2. The van der Waals surface area contributed by atoms with E-state index in [0.717, 1.165) is 0 Å². The smallest absolute Gasteiger partial charge is 0.410 e. The second kappa shape index (κ2) is 9.29. The molecule has 1 saturated heterocycles. The molecule has 11 heteroatoms. The first-order valence-corrected chi connectivity index (χ1v) is 12.2. The number of amides is 1. The van der Waals surface area contributed by atoms with Crippen molar-refractivity contribution in [2.75, 3.05) is 32.8 Å². The molecule has 32 heavy (non-hydrogen) atoms. The number of piperazine rings is 1. The van der Waals surface area contributed by atoms with E-state index in [2.05, 4.69) is 0 Å². The minimum atomic E-state index is -3.95. The second-order valence-electron chi connectivity index (χ2n) is 8.45. The number of hydrogen-bond acceptors (Lipinski definition) is 6. The van der Waals surface area contributed by atoms with Crippen LogP contribution in [0.3, 0.4) is 0 Å². The number of aromatic nitrogens is 1. The monoisotopic (exact) mass is 485 g/mol. The Morgan fingerprint density at radius 2 is 1.75 bits per heavy atom. The molecule has 1 aromatic carbocycles. The van der Waals surface area contributed by atoms with E-state index in [1.54, 1.807) is 45.9 Å². The van der Waals surface area contributed by atoms with Gasteiger partial charge in [0.25, 0.3) is 10.0 Å². The first kappa shape index (κ1) is 24.3. The van der Waals surface area contributed by atoms with E-state index < -0.39 is 27.7 Å². The van der Waals surface area contributed by atoms with Crippen LogP contribution in [-0.2, 0) is 30.8 Å². The fraction of sp³-hybridized carbons (Fsp3) is 0.524. The summed E-state index contributed by atoms with van der Waals surface area (Å²) >= 11 is 6.08. The number of nitrogens with zero attached hydrogens (tertiary/aromatic N) is 3. The number of carbonyl (C=O) groups excluding carboxylic acids is 2. The van der Waals surface area contributed by atoms with E-state index in [0.29, 0.717) is 15.9 Å². The number of benzene rings is 1. The molecule has 0 spiro atoms. The number of hydrogen-bond donors (Lipinski definition) is 0. The van der Waals surface area contributed by atoms with Gasteiger partial charge in [-0.15, -0.1) is 0 Å². The molecule has 0 N–H and O–H groups in total. The maximum absolute atomic E-state index is 13.5. The fourth-order valence-electron chi connectivity index (χ4n) is 3.50. The summed E-state index contributed by atoms with van der Waals surface area (Å²) in [5.74, 6) is -0.536. The predicted molar refractivity (Wildman–Crippen MR) is 120 cm³/mol. The molecule has 2 heterocycles. The molecule has 176 valence electrons. The average molecular weight is 486 g/mol. The Kier molecular flexibility index (Phi) is 7.06. The summed E-state index contributed by atoms with van der Waals surface area (Å²) in [6.07, 6.45) is -0.472. The first-order chi connectivity index (χ1) is 14.9. The van der Waals surface area contributed by atoms with Crippen molar-refractivity contribution < 1.29 is 27.5 Å². The van der Waals surface area contributed by atoms with E-state index in [1.165, 1.54) is 19.8 Å². The molecule has 1 amide bonds. The zero-order chi connectivity index (χ0) is 23.7. The number of sulfonamides is 1. The average Bonchev–Trinajstić information content (AvgIpc) is 3.05. The highest BCUT2D eigenvalue weighted by molar-refractivity contribution is 7.89. The Balaban J connectivity index is 1.87. The van der Waals surface area contributed by atoms with Crippen molar-refractivity contribution in [2.45, 2.75) is 44.9 Å². The zero-order valence-corrected chi connectivity index (χ0v) is 20.2. The Bertz CT molecular complexity index is 1110. The van der Waals surface area contributed by atoms with Gasteiger partial charge in [-0.2, -0.15) is 4.31 Å². The van der Waals surface area contributed by atoms with Gasteiger partial charge in [-0.3, -0.25) is 4.79 Å². The van der Waals surface area contributed by atoms with E-state index in [9.17, 15) is 18.0 Å². The van der Waals surface area contributed by atoms with Crippen molar-refractivity contribution in [3.8, 4) is 0 Å². The van der Waals surface area contributed by atoms with Crippen molar-refractivity contribution in [3.63, 3.8) is 0 Å². The molecule has 0 saturated carbocycles. The van der Waals surface area contributed by atoms with Crippen molar-refractivity contribution in [2.24, 2.45) is 0 Å². The Hall–Kier alpha value is -2.30. The maximum atomic E-state index is 13.5. The predicted octanol–water partition coefficient (Wildman–Crippen LogP) is 3.10. The van der Waals surface area contributed by atoms with E-state index in [-0.39, 0.29) is 44.4 Å². The highest BCUT2D eigenvalue weighted by Crippen LogP contribution is 2.29. The van der Waals surface area contributed by atoms with Gasteiger partial charge in [0, 0.05) is 42.1 Å². The molecule has 0 atom stereocenters. The highest BCUT2D eigenvalue weighted by atomic mass is 35.5. The lowest BCUT2D eigenvalue weighted by molar-refractivity contribution is -0.143. The van der Waals surface area contributed by atoms with Crippen LogP contribution in [0, 0.1) is 0 Å². The molecular formula is C21H28ClN3O6S. The van der Waals surface area contributed by atoms with E-state index in [1.807, 2.05) is 0 Å². The van der Waals surface area contributed by atoms with Crippen molar-refractivity contribution in [1.82, 2.24) is 13.8 Å². The summed E-state index contributed by atoms with van der Waals surface area (Å²) in [5, 5.41) is 1.04. The van der Waals surface area contributed by atoms with Gasteiger partial charge in [0.15, 0.2) is 5.03 Å². The summed E-state index contributed by atoms with van der Waals surface area (Å²) in [6.45, 7) is 7.61. The molecule has 1 aromatic heterocycles. The molecule has 9 nitrogen and oxygen atoms in total. The largest absolute Gasteiger partial charge is 0.465 e. The second-order valence-corrected chi connectivity index (χ2v) is 10.8. The maximum Gasteiger partial charge on any atom is 0.410 e. The normalized spacial score (nSPS) is 15.7. The Morgan fingerprint density at radius 1 is 1.09 bits per heavy atom. The van der Waals surface area contributed by atoms with Crippen LogP contribution in [-0.4, -0.2) is 72.6 Å². The molecule has 1 aliphatic rings. The van der Waals surface area contributed by atoms with Crippen LogP contribution in [0.25, 0.3) is 10.9 Å². The van der Waals surface area contributed by atoms with Crippen LogP contribution in [0.2, 0.25) is 5.02 Å². The quantitative estimate of drug-likeness (QED) is 0.603. The van der Waals surface area contributed by atoms with E-state index in [4.69, 9.17) is 21.1 Å². The minimum Gasteiger partial charge on any atom is -0.465 e. The minimum absolute atomic E-state index is 0.0199. The van der Waals surface area contributed by atoms with Crippen molar-refractivity contribution >= 4 is 44.6 Å². The third-order valence-electron chi connectivity index (χ3n) is 4.91. The number of esters is 1. The SMILES string of the molecule is CCOC(=O)Cn1c(S(=O)(=O)N2CCN(C(=O)OC(C)(C)C)CC2)cc2cc(Cl)ccc21. The van der Waals surface area contributed by atoms with Gasteiger partial charge in [0.2, 0.25) is 0 Å². The lowest BCUT2D eigenvalue weighted by Crippen LogP contribution is -2.51. The number of fused-ring (bicyclic) bond motifs is 1. The third-order valence-corrected chi connectivity index (χ3v) is 7.06. The fourth-order valence-corrected chi connectivity index (χ4v) is 5.31. The molecule has 2 aromatic rings. The van der Waals surface area contributed by atoms with Gasteiger partial charge in [-0.05, 0) is 52.0 Å². The van der Waals surface area contributed by atoms with Crippen LogP contribution in [0.5, 0.6) is 0 Å². The molecule has 0 unspecified atom stereocenters. The summed E-state index contributed by atoms with van der Waals surface area (Å²) in [4.78, 5) is 26.0. The third kappa shape index (κ3) is 5.36. The standard InChI is InChI=1S/C21H28ClN3O6S/c1-5-30-19(26)14-25-17-7-6-16(22)12-15(17)13-18(25)32(28,29)24-10-8-23(9-11-24)20(27)31-21(2,3)4/h6-7,12-13H,5,8-11,14H2,1-4H3. The Morgan fingerprint density at radius 3 is 2.34 bits per heavy atom. The van der Waals surface area contributed by atoms with Gasteiger partial charge in [0.1, 0.15) is 12.1 Å². The number of halogens is 1. The van der Waals surface area contributed by atoms with Crippen molar-refractivity contribution in [3.05, 3.63) is 29.3 Å². The molecule has 0 radical (unpaired) electrons. The van der Waals surface area contributed by atoms with Crippen LogP contribution >= 0.6 is 11.6 Å². The molecule has 1 fully saturated rings. The molecule has 3 rings (SSSR count). The molecule has 0 bridgehead atoms. The number of carbonyl (C=O) groups is 2. The topological polar surface area (TPSA) is 98.1 Å². The van der Waals surface area contributed by atoms with E-state index >= 15 is 0 Å². The van der Waals surface area contributed by atoms with Gasteiger partial charge in [-0.1, -0.05) is 11.6 Å². The highest BCUT2D eigenvalue weighted by Gasteiger charge is 2.34. The van der Waals surface area contributed by atoms with Gasteiger partial charge in [-0.25, -0.2) is 13.2 Å². The first-order valence-electron chi connectivity index (χ1n) is 10.3. The summed E-state index contributed by atoms with van der Waals surface area (Å²) in [6, 6.07) is 6.48. The summed E-state index contributed by atoms with van der Waals surface area (Å²) < 4.78 is 40.1. The van der Waals surface area contributed by atoms with Crippen LogP contribution in [0.4, 0.5) is 4.79 Å². The summed E-state index contributed by atoms with van der Waals surface area (Å²) in [5.41, 5.74) is -0.0660. The van der Waals surface area contributed by atoms with Crippen LogP contribution in [0.15, 0.2) is 29.3 Å². The van der Waals surface area contributed by atoms with Gasteiger partial charge < -0.3 is 18.9 Å². The van der Waals surface area contributed by atoms with Crippen molar-refractivity contribution in [1.29, 1.82) is 0 Å². The molecular weight excluding hydrogens is 458 g/mol. The van der Waals surface area contributed by atoms with Gasteiger partial charge >= 0.3 is 12.1 Å². The summed E-state index contributed by atoms with van der Waals surface area (Å²) in [7, 11) is -3.95. The number of rotatable bonds is 5.